The molecule has 2 aliphatic heterocycles. The summed E-state index contributed by atoms with van der Waals surface area (Å²) in [6.07, 6.45) is 12.3. The Kier molecular flexibility index (Phi) is 1.27. The molecule has 1 spiro atoms. The molecule has 0 radical (unpaired) electrons. The van der Waals surface area contributed by atoms with E-state index in [1.165, 1.54) is 0 Å². The van der Waals surface area contributed by atoms with Crippen LogP contribution in [0.5, 0.6) is 0 Å². The summed E-state index contributed by atoms with van der Waals surface area (Å²) in [6.45, 7) is 0. The lowest BCUT2D eigenvalue weighted by atomic mass is 9.87. The number of hydrogen-bond donors (Lipinski definition) is 2. The number of allylic oxidation sites excluding steroid dienone is 1. The minimum atomic E-state index is -0.242. The van der Waals surface area contributed by atoms with Crippen LogP contribution >= 0.6 is 0 Å². The van der Waals surface area contributed by atoms with Gasteiger partial charge in [-0.05, 0) is 12.2 Å². The van der Waals surface area contributed by atoms with E-state index in [0.717, 1.165) is 12.2 Å². The van der Waals surface area contributed by atoms with Gasteiger partial charge in [-0.2, -0.15) is 0 Å². The molecule has 0 saturated heterocycles. The number of nitrogens with one attached hydrogen (secondary N) is 1. The topological polar surface area (TPSA) is 50.5 Å². The van der Waals surface area contributed by atoms with Crippen molar-refractivity contribution in [3.05, 3.63) is 48.3 Å². The smallest absolute Gasteiger partial charge is 0.158 e. The van der Waals surface area contributed by atoms with Gasteiger partial charge in [-0.1, -0.05) is 6.08 Å². The van der Waals surface area contributed by atoms with Gasteiger partial charge in [-0.15, -0.1) is 0 Å². The Morgan fingerprint density at radius 2 is 2.50 bits per heavy atom. The molecule has 1 aliphatic carbocycles. The quantitative estimate of drug-likeness (QED) is 0.588. The Morgan fingerprint density at radius 1 is 1.57 bits per heavy atom. The Labute approximate surface area is 82.0 Å². The maximum atomic E-state index is 5.89. The lowest BCUT2D eigenvalue weighted by molar-refractivity contribution is 0.112. The summed E-state index contributed by atoms with van der Waals surface area (Å²) in [5.41, 5.74) is 9.47. The van der Waals surface area contributed by atoms with Gasteiger partial charge in [-0.25, -0.2) is 0 Å². The first kappa shape index (κ1) is 7.55. The van der Waals surface area contributed by atoms with Gasteiger partial charge in [0.05, 0.1) is 11.9 Å². The molecule has 0 saturated carbocycles. The number of rotatable bonds is 0. The zero-order valence-electron chi connectivity index (χ0n) is 7.60. The molecule has 72 valence electrons. The molecule has 0 aromatic heterocycles. The molecule has 4 heteroatoms. The van der Waals surface area contributed by atoms with Crippen LogP contribution in [-0.2, 0) is 4.74 Å². The van der Waals surface area contributed by atoms with E-state index in [2.05, 4.69) is 17.6 Å². The van der Waals surface area contributed by atoms with Crippen molar-refractivity contribution in [2.45, 2.75) is 12.0 Å². The maximum absolute atomic E-state index is 5.89. The van der Waals surface area contributed by atoms with Gasteiger partial charge in [0.2, 0.25) is 0 Å². The van der Waals surface area contributed by atoms with Crippen molar-refractivity contribution in [1.29, 1.82) is 0 Å². The van der Waals surface area contributed by atoms with Gasteiger partial charge in [0.1, 0.15) is 11.8 Å². The van der Waals surface area contributed by atoms with Crippen LogP contribution in [0.3, 0.4) is 0 Å². The molecule has 0 aromatic carbocycles. The van der Waals surface area contributed by atoms with Gasteiger partial charge in [0, 0.05) is 12.6 Å². The lowest BCUT2D eigenvalue weighted by Gasteiger charge is -2.41. The molecule has 3 rings (SSSR count). The van der Waals surface area contributed by atoms with Gasteiger partial charge in [0.15, 0.2) is 5.76 Å². The van der Waals surface area contributed by atoms with E-state index in [-0.39, 0.29) is 5.54 Å². The van der Waals surface area contributed by atoms with Crippen LogP contribution in [0.4, 0.5) is 0 Å². The Balaban J connectivity index is 2.18. The van der Waals surface area contributed by atoms with E-state index in [1.807, 2.05) is 23.5 Å². The third-order valence-corrected chi connectivity index (χ3v) is 2.78. The van der Waals surface area contributed by atoms with Crippen molar-refractivity contribution in [2.24, 2.45) is 5.73 Å². The second-order valence-corrected chi connectivity index (χ2v) is 3.55. The second kappa shape index (κ2) is 2.35. The molecule has 14 heavy (non-hydrogen) atoms. The highest BCUT2D eigenvalue weighted by molar-refractivity contribution is 5.41. The second-order valence-electron chi connectivity index (χ2n) is 3.55. The SMILES string of the molecule is NC1=C2OC=CN3NC=CC23CC=C1. The standard InChI is InChI=1S/C10H11N3O/c11-8-2-1-3-10-4-5-12-13(10)6-7-14-9(8)10/h1-2,4-7,12H,3,11H2. The zero-order valence-corrected chi connectivity index (χ0v) is 7.60. The highest BCUT2D eigenvalue weighted by Gasteiger charge is 2.45. The Hall–Kier alpha value is -1.84. The predicted octanol–water partition coefficient (Wildman–Crippen LogP) is 0.691. The molecule has 4 nitrogen and oxygen atoms in total. The van der Waals surface area contributed by atoms with E-state index < -0.39 is 0 Å². The third-order valence-electron chi connectivity index (χ3n) is 2.78. The molecule has 1 unspecified atom stereocenters. The molecule has 3 aliphatic rings. The fraction of sp³-hybridized carbons (Fsp3) is 0.200. The number of nitrogens with zero attached hydrogens (tertiary/aromatic N) is 1. The number of hydrogen-bond acceptors (Lipinski definition) is 4. The number of ether oxygens (including phenoxy) is 1. The summed E-state index contributed by atoms with van der Waals surface area (Å²) >= 11 is 0. The van der Waals surface area contributed by atoms with Crippen LogP contribution in [0.15, 0.2) is 48.3 Å². The van der Waals surface area contributed by atoms with Gasteiger partial charge < -0.3 is 15.9 Å². The predicted molar refractivity (Wildman–Crippen MR) is 52.0 cm³/mol. The zero-order chi connectivity index (χ0) is 9.60. The summed E-state index contributed by atoms with van der Waals surface area (Å²) in [5.74, 6) is 0.809. The highest BCUT2D eigenvalue weighted by Crippen LogP contribution is 2.39. The molecule has 0 amide bonds. The van der Waals surface area contributed by atoms with Crippen molar-refractivity contribution in [3.63, 3.8) is 0 Å². The Morgan fingerprint density at radius 3 is 3.43 bits per heavy atom. The van der Waals surface area contributed by atoms with Crippen LogP contribution in [0.1, 0.15) is 6.42 Å². The van der Waals surface area contributed by atoms with Crippen LogP contribution in [0, 0.1) is 0 Å². The van der Waals surface area contributed by atoms with Crippen LogP contribution in [0.25, 0.3) is 0 Å². The van der Waals surface area contributed by atoms with Gasteiger partial charge in [-0.3, -0.25) is 5.01 Å². The van der Waals surface area contributed by atoms with Crippen LogP contribution < -0.4 is 11.2 Å². The first-order chi connectivity index (χ1) is 6.83. The third kappa shape index (κ3) is 0.731. The highest BCUT2D eigenvalue weighted by atomic mass is 16.5. The molecule has 1 atom stereocenters. The summed E-state index contributed by atoms with van der Waals surface area (Å²) in [5, 5.41) is 2.00. The first-order valence-electron chi connectivity index (χ1n) is 4.56. The van der Waals surface area contributed by atoms with E-state index in [1.54, 1.807) is 6.26 Å². The van der Waals surface area contributed by atoms with Crippen molar-refractivity contribution in [2.75, 3.05) is 0 Å². The summed E-state index contributed by atoms with van der Waals surface area (Å²) in [7, 11) is 0. The molecule has 3 N–H and O–H groups in total. The van der Waals surface area contributed by atoms with Crippen molar-refractivity contribution in [3.8, 4) is 0 Å². The van der Waals surface area contributed by atoms with Crippen LogP contribution in [0.2, 0.25) is 0 Å². The number of nitrogens with two attached hydrogens (primary N) is 1. The minimum absolute atomic E-state index is 0.242. The van der Waals surface area contributed by atoms with Crippen molar-refractivity contribution >= 4 is 0 Å². The fourth-order valence-corrected chi connectivity index (χ4v) is 2.09. The molecule has 0 fully saturated rings. The minimum Gasteiger partial charge on any atom is -0.463 e. The lowest BCUT2D eigenvalue weighted by Crippen LogP contribution is -2.50. The average molecular weight is 189 g/mol. The summed E-state index contributed by atoms with van der Waals surface area (Å²) < 4.78 is 5.49. The maximum Gasteiger partial charge on any atom is 0.158 e. The Bertz CT molecular complexity index is 394. The van der Waals surface area contributed by atoms with E-state index in [0.29, 0.717) is 5.70 Å². The summed E-state index contributed by atoms with van der Waals surface area (Å²) in [6, 6.07) is 0. The van der Waals surface area contributed by atoms with Crippen LogP contribution in [-0.4, -0.2) is 10.5 Å². The average Bonchev–Trinajstić information content (AvgIpc) is 2.59. The normalized spacial score (nSPS) is 32.4. The van der Waals surface area contributed by atoms with Crippen molar-refractivity contribution < 1.29 is 4.74 Å². The van der Waals surface area contributed by atoms with E-state index >= 15 is 0 Å². The molecular weight excluding hydrogens is 178 g/mol. The first-order valence-corrected chi connectivity index (χ1v) is 4.56. The molecule has 0 aromatic rings. The van der Waals surface area contributed by atoms with E-state index in [4.69, 9.17) is 10.5 Å². The van der Waals surface area contributed by atoms with Gasteiger partial charge >= 0.3 is 0 Å². The van der Waals surface area contributed by atoms with Crippen molar-refractivity contribution in [1.82, 2.24) is 10.4 Å². The molecule has 2 heterocycles. The summed E-state index contributed by atoms with van der Waals surface area (Å²) in [4.78, 5) is 0. The largest absolute Gasteiger partial charge is 0.463 e. The fourth-order valence-electron chi connectivity index (χ4n) is 2.09. The van der Waals surface area contributed by atoms with E-state index in [9.17, 15) is 0 Å². The number of hydrazine groups is 1. The molecular formula is C10H11N3O. The molecule has 0 bridgehead atoms. The van der Waals surface area contributed by atoms with Gasteiger partial charge in [0.25, 0.3) is 0 Å². The monoisotopic (exact) mass is 189 g/mol.